The monoisotopic (exact) mass is 336 g/mol. The van der Waals surface area contributed by atoms with Crippen molar-refractivity contribution in [2.24, 2.45) is 5.10 Å². The van der Waals surface area contributed by atoms with Gasteiger partial charge in [-0.25, -0.2) is 5.43 Å². The Hall–Kier alpha value is -2.04. The molecule has 0 saturated heterocycles. The van der Waals surface area contributed by atoms with Gasteiger partial charge in [0.2, 0.25) is 0 Å². The number of nitrogens with zero attached hydrogens (tertiary/aromatic N) is 1. The second-order valence-electron chi connectivity index (χ2n) is 4.33. The topological polar surface area (TPSA) is 50.7 Å². The highest BCUT2D eigenvalue weighted by molar-refractivity contribution is 6.42. The molecule has 22 heavy (non-hydrogen) atoms. The van der Waals surface area contributed by atoms with Crippen LogP contribution in [0.2, 0.25) is 10.0 Å². The van der Waals surface area contributed by atoms with E-state index in [9.17, 15) is 4.79 Å². The number of nitrogens with one attached hydrogen (secondary N) is 1. The molecule has 4 nitrogen and oxygen atoms in total. The third-order valence-corrected chi connectivity index (χ3v) is 3.49. The molecule has 2 aromatic rings. The van der Waals surface area contributed by atoms with E-state index in [2.05, 4.69) is 10.5 Å². The zero-order valence-corrected chi connectivity index (χ0v) is 13.4. The maximum atomic E-state index is 11.9. The van der Waals surface area contributed by atoms with Gasteiger partial charge in [0.05, 0.1) is 22.9 Å². The summed E-state index contributed by atoms with van der Waals surface area (Å²) in [6, 6.07) is 11.9. The van der Waals surface area contributed by atoms with Gasteiger partial charge in [-0.05, 0) is 48.9 Å². The first-order chi connectivity index (χ1) is 10.6. The van der Waals surface area contributed by atoms with Gasteiger partial charge in [-0.2, -0.15) is 5.10 Å². The highest BCUT2D eigenvalue weighted by Gasteiger charge is 2.04. The van der Waals surface area contributed by atoms with Gasteiger partial charge in [0.1, 0.15) is 5.75 Å². The summed E-state index contributed by atoms with van der Waals surface area (Å²) in [6.07, 6.45) is 1.49. The van der Waals surface area contributed by atoms with E-state index < -0.39 is 0 Å². The number of ether oxygens (including phenoxy) is 1. The van der Waals surface area contributed by atoms with Crippen molar-refractivity contribution in [2.75, 3.05) is 6.61 Å². The summed E-state index contributed by atoms with van der Waals surface area (Å²) in [5.41, 5.74) is 3.68. The lowest BCUT2D eigenvalue weighted by molar-refractivity contribution is 0.0955. The van der Waals surface area contributed by atoms with Crippen LogP contribution >= 0.6 is 23.2 Å². The number of benzene rings is 2. The number of halogens is 2. The Morgan fingerprint density at radius 2 is 1.91 bits per heavy atom. The van der Waals surface area contributed by atoms with Crippen LogP contribution in [0.4, 0.5) is 0 Å². The van der Waals surface area contributed by atoms with Gasteiger partial charge in [0.15, 0.2) is 0 Å². The molecule has 0 radical (unpaired) electrons. The molecule has 0 atom stereocenters. The molecule has 2 rings (SSSR count). The Bertz CT molecular complexity index is 685. The molecular weight excluding hydrogens is 323 g/mol. The van der Waals surface area contributed by atoms with Crippen molar-refractivity contribution in [3.05, 3.63) is 63.6 Å². The van der Waals surface area contributed by atoms with Gasteiger partial charge in [-0.3, -0.25) is 4.79 Å². The van der Waals surface area contributed by atoms with E-state index in [1.807, 2.05) is 6.92 Å². The van der Waals surface area contributed by atoms with Crippen molar-refractivity contribution in [3.63, 3.8) is 0 Å². The summed E-state index contributed by atoms with van der Waals surface area (Å²) in [6.45, 7) is 2.48. The van der Waals surface area contributed by atoms with Crippen LogP contribution in [0.25, 0.3) is 0 Å². The molecule has 0 spiro atoms. The number of rotatable bonds is 5. The molecule has 0 bridgehead atoms. The lowest BCUT2D eigenvalue weighted by atomic mass is 10.2. The van der Waals surface area contributed by atoms with Crippen LogP contribution in [0.5, 0.6) is 5.75 Å². The van der Waals surface area contributed by atoms with Crippen LogP contribution < -0.4 is 10.2 Å². The largest absolute Gasteiger partial charge is 0.494 e. The van der Waals surface area contributed by atoms with Gasteiger partial charge in [-0.1, -0.05) is 29.3 Å². The lowest BCUT2D eigenvalue weighted by Gasteiger charge is -2.04. The van der Waals surface area contributed by atoms with Gasteiger partial charge >= 0.3 is 0 Å². The van der Waals surface area contributed by atoms with Crippen LogP contribution in [0.15, 0.2) is 47.6 Å². The average Bonchev–Trinajstić information content (AvgIpc) is 2.52. The molecule has 0 aliphatic heterocycles. The summed E-state index contributed by atoms with van der Waals surface area (Å²) in [5, 5.41) is 4.79. The Morgan fingerprint density at radius 3 is 2.55 bits per heavy atom. The number of carbonyl (C=O) groups excluding carboxylic acids is 1. The molecule has 0 aliphatic carbocycles. The van der Waals surface area contributed by atoms with E-state index in [0.717, 1.165) is 11.3 Å². The van der Waals surface area contributed by atoms with Crippen molar-refractivity contribution in [1.82, 2.24) is 5.43 Å². The fraction of sp³-hybridized carbons (Fsp3) is 0.125. The molecule has 1 N–H and O–H groups in total. The SMILES string of the molecule is CCOc1ccc(C(=O)NN=Cc2ccc(Cl)c(Cl)c2)cc1. The fourth-order valence-corrected chi connectivity index (χ4v) is 2.00. The summed E-state index contributed by atoms with van der Waals surface area (Å²) in [7, 11) is 0. The Balaban J connectivity index is 1.96. The van der Waals surface area contributed by atoms with Crippen molar-refractivity contribution < 1.29 is 9.53 Å². The predicted molar refractivity (Wildman–Crippen MR) is 89.1 cm³/mol. The second kappa shape index (κ2) is 7.82. The van der Waals surface area contributed by atoms with E-state index >= 15 is 0 Å². The Labute approximate surface area is 138 Å². The molecule has 0 unspecified atom stereocenters. The minimum Gasteiger partial charge on any atom is -0.494 e. The van der Waals surface area contributed by atoms with Crippen molar-refractivity contribution >= 4 is 35.3 Å². The van der Waals surface area contributed by atoms with Crippen LogP contribution in [-0.4, -0.2) is 18.7 Å². The quantitative estimate of drug-likeness (QED) is 0.658. The molecular formula is C16H14Cl2N2O2. The predicted octanol–water partition coefficient (Wildman–Crippen LogP) is 4.16. The average molecular weight is 337 g/mol. The second-order valence-corrected chi connectivity index (χ2v) is 5.14. The van der Waals surface area contributed by atoms with E-state index in [4.69, 9.17) is 27.9 Å². The maximum absolute atomic E-state index is 11.9. The molecule has 2 aromatic carbocycles. The first-order valence-corrected chi connectivity index (χ1v) is 7.37. The van der Waals surface area contributed by atoms with Crippen LogP contribution in [-0.2, 0) is 0 Å². The highest BCUT2D eigenvalue weighted by atomic mass is 35.5. The lowest BCUT2D eigenvalue weighted by Crippen LogP contribution is -2.17. The number of hydrazone groups is 1. The Kier molecular flexibility index (Phi) is 5.81. The normalized spacial score (nSPS) is 10.7. The molecule has 0 heterocycles. The third-order valence-electron chi connectivity index (χ3n) is 2.75. The van der Waals surface area contributed by atoms with Crippen LogP contribution in [0.1, 0.15) is 22.8 Å². The summed E-state index contributed by atoms with van der Waals surface area (Å²) < 4.78 is 5.32. The van der Waals surface area contributed by atoms with Crippen LogP contribution in [0.3, 0.4) is 0 Å². The number of carbonyl (C=O) groups is 1. The van der Waals surface area contributed by atoms with E-state index in [1.165, 1.54) is 6.21 Å². The van der Waals surface area contributed by atoms with Gasteiger partial charge in [-0.15, -0.1) is 0 Å². The highest BCUT2D eigenvalue weighted by Crippen LogP contribution is 2.21. The molecule has 1 amide bonds. The summed E-state index contributed by atoms with van der Waals surface area (Å²) >= 11 is 11.7. The number of amides is 1. The van der Waals surface area contributed by atoms with Crippen molar-refractivity contribution in [1.29, 1.82) is 0 Å². The van der Waals surface area contributed by atoms with Crippen LogP contribution in [0, 0.1) is 0 Å². The standard InChI is InChI=1S/C16H14Cl2N2O2/c1-2-22-13-6-4-12(5-7-13)16(21)20-19-10-11-3-8-14(17)15(18)9-11/h3-10H,2H2,1H3,(H,20,21). The summed E-state index contributed by atoms with van der Waals surface area (Å²) in [5.74, 6) is 0.415. The van der Waals surface area contributed by atoms with Gasteiger partial charge in [0.25, 0.3) is 5.91 Å². The number of hydrogen-bond donors (Lipinski definition) is 1. The molecule has 0 aliphatic rings. The van der Waals surface area contributed by atoms with Gasteiger partial charge < -0.3 is 4.74 Å². The number of hydrogen-bond acceptors (Lipinski definition) is 3. The minimum absolute atomic E-state index is 0.306. The zero-order valence-electron chi connectivity index (χ0n) is 11.8. The zero-order chi connectivity index (χ0) is 15.9. The third kappa shape index (κ3) is 4.48. The molecule has 0 fully saturated rings. The van der Waals surface area contributed by atoms with E-state index in [0.29, 0.717) is 22.2 Å². The minimum atomic E-state index is -0.306. The molecule has 0 saturated carbocycles. The molecule has 6 heteroatoms. The Morgan fingerprint density at radius 1 is 1.18 bits per heavy atom. The maximum Gasteiger partial charge on any atom is 0.271 e. The van der Waals surface area contributed by atoms with Crippen molar-refractivity contribution in [2.45, 2.75) is 6.92 Å². The van der Waals surface area contributed by atoms with E-state index in [1.54, 1.807) is 42.5 Å². The van der Waals surface area contributed by atoms with Gasteiger partial charge in [0, 0.05) is 5.56 Å². The first-order valence-electron chi connectivity index (χ1n) is 6.61. The van der Waals surface area contributed by atoms with E-state index in [-0.39, 0.29) is 5.91 Å². The first kappa shape index (κ1) is 16.3. The molecule has 0 aromatic heterocycles. The van der Waals surface area contributed by atoms with Crippen molar-refractivity contribution in [3.8, 4) is 5.75 Å². The fourth-order valence-electron chi connectivity index (χ4n) is 1.69. The molecule has 114 valence electrons. The smallest absolute Gasteiger partial charge is 0.271 e. The summed E-state index contributed by atoms with van der Waals surface area (Å²) in [4.78, 5) is 11.9.